The van der Waals surface area contributed by atoms with Gasteiger partial charge in [0.15, 0.2) is 0 Å². The van der Waals surface area contributed by atoms with E-state index in [9.17, 15) is 9.59 Å². The lowest BCUT2D eigenvalue weighted by Crippen LogP contribution is -2.63. The Balaban J connectivity index is 1.86. The highest BCUT2D eigenvalue weighted by atomic mass is 16.5. The van der Waals surface area contributed by atoms with Crippen LogP contribution in [0.1, 0.15) is 67.2 Å². The Morgan fingerprint density at radius 1 is 1.04 bits per heavy atom. The molecule has 0 amide bonds. The zero-order valence-electron chi connectivity index (χ0n) is 18.1. The van der Waals surface area contributed by atoms with Gasteiger partial charge >= 0.3 is 11.9 Å². The molecule has 4 heteroatoms. The van der Waals surface area contributed by atoms with Crippen molar-refractivity contribution < 1.29 is 19.1 Å². The van der Waals surface area contributed by atoms with Crippen LogP contribution in [0, 0.1) is 34.5 Å². The first-order valence-corrected chi connectivity index (χ1v) is 10.8. The predicted octanol–water partition coefficient (Wildman–Crippen LogP) is 4.83. The van der Waals surface area contributed by atoms with Crippen molar-refractivity contribution in [2.24, 2.45) is 34.5 Å². The molecule has 0 aromatic heterocycles. The van der Waals surface area contributed by atoms with Gasteiger partial charge in [-0.1, -0.05) is 38.5 Å². The Hall–Kier alpha value is -1.58. The normalized spacial score (nSPS) is 46.6. The number of rotatable bonds is 2. The number of carbonyl (C=O) groups excluding carboxylic acids is 2. The fraction of sp³-hybridized carbons (Fsp3) is 0.750. The van der Waals surface area contributed by atoms with Gasteiger partial charge in [-0.05, 0) is 61.3 Å². The van der Waals surface area contributed by atoms with Crippen LogP contribution in [-0.4, -0.2) is 24.1 Å². The highest BCUT2D eigenvalue weighted by Gasteiger charge is 2.67. The predicted molar refractivity (Wildman–Crippen MR) is 107 cm³/mol. The number of hydrogen-bond donors (Lipinski definition) is 0. The Bertz CT molecular complexity index is 765. The highest BCUT2D eigenvalue weighted by Crippen LogP contribution is 2.70. The molecule has 4 rings (SSSR count). The lowest BCUT2D eigenvalue weighted by molar-refractivity contribution is -0.216. The summed E-state index contributed by atoms with van der Waals surface area (Å²) in [4.78, 5) is 23.8. The van der Waals surface area contributed by atoms with Crippen LogP contribution in [0.2, 0.25) is 0 Å². The fourth-order valence-electron chi connectivity index (χ4n) is 7.62. The molecule has 0 aromatic carbocycles. The number of carbonyl (C=O) groups is 2. The van der Waals surface area contributed by atoms with Crippen molar-refractivity contribution in [1.29, 1.82) is 0 Å². The monoisotopic (exact) mass is 386 g/mol. The molecule has 0 aromatic rings. The number of ether oxygens (including phenoxy) is 2. The number of allylic oxidation sites excluding steroid dienone is 4. The van der Waals surface area contributed by atoms with Crippen LogP contribution in [0.3, 0.4) is 0 Å². The van der Waals surface area contributed by atoms with Crippen molar-refractivity contribution in [1.82, 2.24) is 0 Å². The highest BCUT2D eigenvalue weighted by molar-refractivity contribution is 5.67. The van der Waals surface area contributed by atoms with Gasteiger partial charge in [-0.3, -0.25) is 9.59 Å². The third-order valence-electron chi connectivity index (χ3n) is 8.65. The Morgan fingerprint density at radius 3 is 2.36 bits per heavy atom. The van der Waals surface area contributed by atoms with Crippen molar-refractivity contribution in [2.75, 3.05) is 0 Å². The molecular formula is C24H34O4. The molecule has 8 atom stereocenters. The first-order valence-electron chi connectivity index (χ1n) is 10.8. The summed E-state index contributed by atoms with van der Waals surface area (Å²) in [6.07, 6.45) is 8.27. The van der Waals surface area contributed by atoms with Crippen molar-refractivity contribution in [3.63, 3.8) is 0 Å². The zero-order valence-corrected chi connectivity index (χ0v) is 18.1. The molecule has 4 nitrogen and oxygen atoms in total. The van der Waals surface area contributed by atoms with Crippen LogP contribution in [-0.2, 0) is 19.1 Å². The molecule has 0 N–H and O–H groups in total. The van der Waals surface area contributed by atoms with Gasteiger partial charge < -0.3 is 9.47 Å². The van der Waals surface area contributed by atoms with E-state index >= 15 is 0 Å². The molecule has 0 unspecified atom stereocenters. The SMILES string of the molecule is CC(=O)O[C@H]1C[C@H](C)[C@H]2CC=C(C)C3=CC[C@]4(C)[C@@H](OC(C)=O)C[C@@H]1[C@@]2(C)[C@H]34. The van der Waals surface area contributed by atoms with Gasteiger partial charge in [-0.2, -0.15) is 0 Å². The topological polar surface area (TPSA) is 52.6 Å². The van der Waals surface area contributed by atoms with Gasteiger partial charge in [0, 0.05) is 25.2 Å². The largest absolute Gasteiger partial charge is 0.462 e. The van der Waals surface area contributed by atoms with Crippen LogP contribution in [0.15, 0.2) is 23.3 Å². The molecule has 0 aliphatic heterocycles. The van der Waals surface area contributed by atoms with E-state index in [-0.39, 0.29) is 40.9 Å². The summed E-state index contributed by atoms with van der Waals surface area (Å²) in [6.45, 7) is 12.3. The molecule has 0 heterocycles. The molecule has 2 fully saturated rings. The summed E-state index contributed by atoms with van der Waals surface area (Å²) in [5, 5.41) is 0. The molecule has 4 aliphatic carbocycles. The van der Waals surface area contributed by atoms with E-state index in [2.05, 4.69) is 39.8 Å². The summed E-state index contributed by atoms with van der Waals surface area (Å²) in [7, 11) is 0. The zero-order chi connectivity index (χ0) is 20.4. The van der Waals surface area contributed by atoms with Crippen LogP contribution >= 0.6 is 0 Å². The standard InChI is InChI=1S/C24H34O4/c1-13-7-8-18-14(2)11-20(27-15(3)25)19-12-21(28-16(4)26)23(5)10-9-17(13)22(23)24(18,19)6/h7,9,14,18-22H,8,10-12H2,1-6H3/t14-,18+,19-,20-,21-,22+,23+,24-/m0/s1. The second-order valence-corrected chi connectivity index (χ2v) is 10.2. The third-order valence-corrected chi connectivity index (χ3v) is 8.65. The smallest absolute Gasteiger partial charge is 0.302 e. The summed E-state index contributed by atoms with van der Waals surface area (Å²) >= 11 is 0. The van der Waals surface area contributed by atoms with Crippen LogP contribution < -0.4 is 0 Å². The second-order valence-electron chi connectivity index (χ2n) is 10.2. The minimum Gasteiger partial charge on any atom is -0.462 e. The van der Waals surface area contributed by atoms with E-state index in [0.717, 1.165) is 25.7 Å². The maximum atomic E-state index is 12.0. The maximum absolute atomic E-state index is 12.0. The lowest BCUT2D eigenvalue weighted by Gasteiger charge is -2.64. The van der Waals surface area contributed by atoms with E-state index in [4.69, 9.17) is 9.47 Å². The molecule has 0 saturated heterocycles. The molecule has 28 heavy (non-hydrogen) atoms. The van der Waals surface area contributed by atoms with Gasteiger partial charge in [-0.25, -0.2) is 0 Å². The van der Waals surface area contributed by atoms with Gasteiger partial charge in [0.1, 0.15) is 12.2 Å². The summed E-state index contributed by atoms with van der Waals surface area (Å²) in [5.41, 5.74) is 2.74. The van der Waals surface area contributed by atoms with E-state index < -0.39 is 0 Å². The van der Waals surface area contributed by atoms with Crippen molar-refractivity contribution in [2.45, 2.75) is 79.4 Å². The number of esters is 2. The minimum absolute atomic E-state index is 0.0276. The Labute approximate surface area is 168 Å². The van der Waals surface area contributed by atoms with Gasteiger partial charge in [0.2, 0.25) is 0 Å². The summed E-state index contributed by atoms with van der Waals surface area (Å²) in [6, 6.07) is 0. The molecule has 0 spiro atoms. The van der Waals surface area contributed by atoms with Gasteiger partial charge in [0.25, 0.3) is 0 Å². The fourth-order valence-corrected chi connectivity index (χ4v) is 7.62. The van der Waals surface area contributed by atoms with E-state index in [1.54, 1.807) is 0 Å². The second kappa shape index (κ2) is 6.47. The van der Waals surface area contributed by atoms with Crippen LogP contribution in [0.5, 0.6) is 0 Å². The molecule has 154 valence electrons. The molecular weight excluding hydrogens is 352 g/mol. The average Bonchev–Trinajstić information content (AvgIpc) is 2.89. The maximum Gasteiger partial charge on any atom is 0.302 e. The minimum atomic E-state index is -0.214. The van der Waals surface area contributed by atoms with E-state index in [1.165, 1.54) is 25.0 Å². The molecule has 2 saturated carbocycles. The Kier molecular flexibility index (Phi) is 4.55. The summed E-state index contributed by atoms with van der Waals surface area (Å²) < 4.78 is 11.8. The first-order chi connectivity index (χ1) is 13.1. The van der Waals surface area contributed by atoms with Crippen molar-refractivity contribution in [3.8, 4) is 0 Å². The van der Waals surface area contributed by atoms with Gasteiger partial charge in [-0.15, -0.1) is 0 Å². The first kappa shape index (κ1) is 19.7. The molecule has 0 bridgehead atoms. The van der Waals surface area contributed by atoms with Crippen LogP contribution in [0.4, 0.5) is 0 Å². The van der Waals surface area contributed by atoms with Crippen molar-refractivity contribution in [3.05, 3.63) is 23.3 Å². The summed E-state index contributed by atoms with van der Waals surface area (Å²) in [5.74, 6) is 1.15. The van der Waals surface area contributed by atoms with Crippen molar-refractivity contribution >= 4 is 11.9 Å². The quantitative estimate of drug-likeness (QED) is 0.638. The van der Waals surface area contributed by atoms with E-state index in [1.807, 2.05) is 0 Å². The molecule has 0 radical (unpaired) electrons. The lowest BCUT2D eigenvalue weighted by atomic mass is 9.42. The Morgan fingerprint density at radius 2 is 1.71 bits per heavy atom. The number of hydrogen-bond acceptors (Lipinski definition) is 4. The average molecular weight is 387 g/mol. The van der Waals surface area contributed by atoms with Gasteiger partial charge in [0.05, 0.1) is 0 Å². The molecule has 4 aliphatic rings. The van der Waals surface area contributed by atoms with Crippen LogP contribution in [0.25, 0.3) is 0 Å². The third kappa shape index (κ3) is 2.63. The van der Waals surface area contributed by atoms with E-state index in [0.29, 0.717) is 17.8 Å².